The lowest BCUT2D eigenvalue weighted by Gasteiger charge is -2.10. The van der Waals surface area contributed by atoms with Gasteiger partial charge in [-0.25, -0.2) is 0 Å². The minimum atomic E-state index is -4.37. The molecule has 0 bridgehead atoms. The van der Waals surface area contributed by atoms with Crippen molar-refractivity contribution >= 4 is 34.7 Å². The van der Waals surface area contributed by atoms with Gasteiger partial charge in [-0.2, -0.15) is 23.3 Å². The fourth-order valence-electron chi connectivity index (χ4n) is 2.11. The Morgan fingerprint density at radius 2 is 1.65 bits per heavy atom. The number of rotatable bonds is 4. The molecule has 26 heavy (non-hydrogen) atoms. The summed E-state index contributed by atoms with van der Waals surface area (Å²) in [6.07, 6.45) is -3.01. The summed E-state index contributed by atoms with van der Waals surface area (Å²) in [5.41, 5.74) is 1.35. The number of halogens is 4. The fourth-order valence-corrected chi connectivity index (χ4v) is 2.29. The molecule has 3 rings (SSSR count). The van der Waals surface area contributed by atoms with Crippen molar-refractivity contribution in [3.05, 3.63) is 64.8 Å². The van der Waals surface area contributed by atoms with Gasteiger partial charge in [-0.05, 0) is 48.9 Å². The fraction of sp³-hybridized carbons (Fsp3) is 0.118. The van der Waals surface area contributed by atoms with Crippen molar-refractivity contribution in [3.8, 4) is 0 Å². The highest BCUT2D eigenvalue weighted by Gasteiger charge is 2.29. The van der Waals surface area contributed by atoms with Crippen LogP contribution in [-0.2, 0) is 6.18 Å². The molecule has 0 unspecified atom stereocenters. The molecule has 3 aromatic rings. The summed E-state index contributed by atoms with van der Waals surface area (Å²) in [5.74, 6) is 0.558. The Morgan fingerprint density at radius 1 is 0.962 bits per heavy atom. The molecule has 9 heteroatoms. The van der Waals surface area contributed by atoms with Gasteiger partial charge >= 0.3 is 6.18 Å². The summed E-state index contributed by atoms with van der Waals surface area (Å²) in [7, 11) is 0. The van der Waals surface area contributed by atoms with Gasteiger partial charge in [0.1, 0.15) is 0 Å². The Hall–Kier alpha value is -2.87. The molecule has 0 amide bonds. The van der Waals surface area contributed by atoms with Gasteiger partial charge in [0.25, 0.3) is 0 Å². The highest BCUT2D eigenvalue weighted by molar-refractivity contribution is 6.31. The molecule has 2 N–H and O–H groups in total. The minimum Gasteiger partial charge on any atom is -0.339 e. The van der Waals surface area contributed by atoms with Crippen LogP contribution in [0.1, 0.15) is 11.1 Å². The summed E-state index contributed by atoms with van der Waals surface area (Å²) in [6.45, 7) is 1.89. The van der Waals surface area contributed by atoms with Gasteiger partial charge in [-0.3, -0.25) is 0 Å². The lowest BCUT2D eigenvalue weighted by molar-refractivity contribution is -0.137. The van der Waals surface area contributed by atoms with Crippen LogP contribution in [0.15, 0.2) is 48.7 Å². The number of nitrogens with one attached hydrogen (secondary N) is 2. The van der Waals surface area contributed by atoms with Crippen molar-refractivity contribution in [1.82, 2.24) is 15.2 Å². The zero-order valence-corrected chi connectivity index (χ0v) is 14.2. The Morgan fingerprint density at radius 3 is 2.31 bits per heavy atom. The van der Waals surface area contributed by atoms with Gasteiger partial charge in [0, 0.05) is 16.4 Å². The summed E-state index contributed by atoms with van der Waals surface area (Å²) >= 11 is 6.07. The first-order valence-corrected chi connectivity index (χ1v) is 7.86. The molecular weight excluding hydrogens is 367 g/mol. The number of nitrogens with zero attached hydrogens (tertiary/aromatic N) is 3. The van der Waals surface area contributed by atoms with Crippen molar-refractivity contribution in [2.45, 2.75) is 13.1 Å². The number of hydrogen-bond donors (Lipinski definition) is 2. The minimum absolute atomic E-state index is 0.224. The van der Waals surface area contributed by atoms with Crippen LogP contribution in [-0.4, -0.2) is 15.2 Å². The number of alkyl halides is 3. The van der Waals surface area contributed by atoms with Crippen LogP contribution in [0.25, 0.3) is 0 Å². The quantitative estimate of drug-likeness (QED) is 0.640. The Labute approximate surface area is 152 Å². The molecule has 1 aromatic heterocycles. The van der Waals surface area contributed by atoms with Gasteiger partial charge in [0.2, 0.25) is 5.95 Å². The van der Waals surface area contributed by atoms with E-state index in [0.717, 1.165) is 17.7 Å². The van der Waals surface area contributed by atoms with Gasteiger partial charge in [0.05, 0.1) is 11.8 Å². The van der Waals surface area contributed by atoms with Crippen molar-refractivity contribution in [2.75, 3.05) is 10.6 Å². The van der Waals surface area contributed by atoms with E-state index >= 15 is 0 Å². The average molecular weight is 380 g/mol. The molecule has 1 heterocycles. The number of hydrogen-bond acceptors (Lipinski definition) is 5. The summed E-state index contributed by atoms with van der Waals surface area (Å²) in [5, 5.41) is 14.1. The van der Waals surface area contributed by atoms with Gasteiger partial charge < -0.3 is 10.6 Å². The first kappa shape index (κ1) is 17.9. The Balaban J connectivity index is 1.73. The predicted octanol–water partition coefficient (Wildman–Crippen LogP) is 5.34. The molecule has 0 spiro atoms. The third-order valence-electron chi connectivity index (χ3n) is 3.47. The molecule has 2 aromatic carbocycles. The lowest BCUT2D eigenvalue weighted by Crippen LogP contribution is -2.05. The zero-order chi connectivity index (χ0) is 18.7. The molecule has 0 saturated carbocycles. The van der Waals surface area contributed by atoms with Crippen molar-refractivity contribution in [3.63, 3.8) is 0 Å². The molecule has 0 aliphatic heterocycles. The van der Waals surface area contributed by atoms with Crippen LogP contribution in [0.4, 0.5) is 36.3 Å². The highest BCUT2D eigenvalue weighted by Crippen LogP contribution is 2.30. The number of anilines is 4. The van der Waals surface area contributed by atoms with Gasteiger partial charge in [-0.15, -0.1) is 5.10 Å². The van der Waals surface area contributed by atoms with Crippen molar-refractivity contribution in [1.29, 1.82) is 0 Å². The molecule has 134 valence electrons. The second-order valence-corrected chi connectivity index (χ2v) is 5.86. The zero-order valence-electron chi connectivity index (χ0n) is 13.5. The first-order chi connectivity index (χ1) is 12.3. The van der Waals surface area contributed by atoms with E-state index in [1.165, 1.54) is 18.3 Å². The van der Waals surface area contributed by atoms with Crippen molar-refractivity contribution in [2.24, 2.45) is 0 Å². The summed E-state index contributed by atoms with van der Waals surface area (Å²) < 4.78 is 37.8. The van der Waals surface area contributed by atoms with E-state index in [1.54, 1.807) is 6.07 Å². The Bertz CT molecular complexity index is 913. The van der Waals surface area contributed by atoms with Crippen molar-refractivity contribution < 1.29 is 13.2 Å². The molecular formula is C17H13ClF3N5. The summed E-state index contributed by atoms with van der Waals surface area (Å²) in [6, 6.07) is 10.0. The van der Waals surface area contributed by atoms with Gasteiger partial charge in [0.15, 0.2) is 5.82 Å². The van der Waals surface area contributed by atoms with E-state index in [4.69, 9.17) is 11.6 Å². The molecule has 0 atom stereocenters. The van der Waals surface area contributed by atoms with E-state index in [1.807, 2.05) is 19.1 Å². The number of aryl methyl sites for hydroxylation is 1. The molecule has 0 radical (unpaired) electrons. The largest absolute Gasteiger partial charge is 0.416 e. The maximum Gasteiger partial charge on any atom is 0.416 e. The van der Waals surface area contributed by atoms with Crippen LogP contribution in [0, 0.1) is 6.92 Å². The third-order valence-corrected chi connectivity index (χ3v) is 3.88. The monoisotopic (exact) mass is 379 g/mol. The van der Waals surface area contributed by atoms with Crippen LogP contribution in [0.3, 0.4) is 0 Å². The number of aromatic nitrogens is 3. The molecule has 5 nitrogen and oxygen atoms in total. The smallest absolute Gasteiger partial charge is 0.339 e. The predicted molar refractivity (Wildman–Crippen MR) is 94.0 cm³/mol. The normalized spacial score (nSPS) is 11.3. The van der Waals surface area contributed by atoms with Crippen LogP contribution in [0.2, 0.25) is 5.02 Å². The maximum atomic E-state index is 12.6. The second-order valence-electron chi connectivity index (χ2n) is 5.45. The third kappa shape index (κ3) is 4.40. The molecule has 0 fully saturated rings. The SMILES string of the molecule is Cc1ccc(Nc2nncc(Nc3ccc(C(F)(F)F)cc3)n2)cc1Cl. The number of benzene rings is 2. The lowest BCUT2D eigenvalue weighted by atomic mass is 10.2. The van der Waals surface area contributed by atoms with E-state index < -0.39 is 11.7 Å². The highest BCUT2D eigenvalue weighted by atomic mass is 35.5. The van der Waals surface area contributed by atoms with Crippen LogP contribution < -0.4 is 10.6 Å². The van der Waals surface area contributed by atoms with E-state index in [-0.39, 0.29) is 5.95 Å². The average Bonchev–Trinajstić information content (AvgIpc) is 2.58. The first-order valence-electron chi connectivity index (χ1n) is 7.48. The van der Waals surface area contributed by atoms with E-state index in [9.17, 15) is 13.2 Å². The van der Waals surface area contributed by atoms with Crippen LogP contribution in [0.5, 0.6) is 0 Å². The maximum absolute atomic E-state index is 12.6. The second kappa shape index (κ2) is 7.17. The molecule has 0 saturated heterocycles. The van der Waals surface area contributed by atoms with E-state index in [2.05, 4.69) is 25.8 Å². The topological polar surface area (TPSA) is 62.7 Å². The Kier molecular flexibility index (Phi) is 4.94. The summed E-state index contributed by atoms with van der Waals surface area (Å²) in [4.78, 5) is 4.23. The van der Waals surface area contributed by atoms with Crippen LogP contribution >= 0.6 is 11.6 Å². The van der Waals surface area contributed by atoms with Gasteiger partial charge in [-0.1, -0.05) is 17.7 Å². The molecule has 0 aliphatic carbocycles. The van der Waals surface area contributed by atoms with E-state index in [0.29, 0.717) is 22.2 Å². The standard InChI is InChI=1S/C17H13ClF3N5/c1-10-2-5-13(8-14(10)18)24-16-25-15(9-22-26-16)23-12-6-3-11(4-7-12)17(19,20)21/h2-9H,1H3,(H2,23,24,25,26). The molecule has 0 aliphatic rings.